The molecule has 0 atom stereocenters. The van der Waals surface area contributed by atoms with Gasteiger partial charge in [0.1, 0.15) is 0 Å². The highest BCUT2D eigenvalue weighted by Crippen LogP contribution is 2.28. The van der Waals surface area contributed by atoms with Crippen LogP contribution in [0.5, 0.6) is 0 Å². The Hall–Kier alpha value is -1.03. The SMILES string of the molecule is Nc1cc(Br)ccc1NC(=O)C1CCCC1. The van der Waals surface area contributed by atoms with Crippen LogP contribution in [0.1, 0.15) is 25.7 Å². The summed E-state index contributed by atoms with van der Waals surface area (Å²) in [6.07, 6.45) is 4.33. The summed E-state index contributed by atoms with van der Waals surface area (Å²) in [5.41, 5.74) is 7.13. The van der Waals surface area contributed by atoms with Crippen LogP contribution in [0.15, 0.2) is 22.7 Å². The van der Waals surface area contributed by atoms with Gasteiger partial charge in [-0.2, -0.15) is 0 Å². The van der Waals surface area contributed by atoms with Gasteiger partial charge in [0.05, 0.1) is 11.4 Å². The van der Waals surface area contributed by atoms with E-state index in [0.29, 0.717) is 11.4 Å². The second kappa shape index (κ2) is 4.87. The molecule has 0 heterocycles. The van der Waals surface area contributed by atoms with E-state index in [1.807, 2.05) is 12.1 Å². The Morgan fingerprint density at radius 1 is 1.38 bits per heavy atom. The summed E-state index contributed by atoms with van der Waals surface area (Å²) in [7, 11) is 0. The molecular formula is C12H15BrN2O. The lowest BCUT2D eigenvalue weighted by atomic mass is 10.1. The van der Waals surface area contributed by atoms with E-state index in [4.69, 9.17) is 5.73 Å². The fraction of sp³-hybridized carbons (Fsp3) is 0.417. The summed E-state index contributed by atoms with van der Waals surface area (Å²) < 4.78 is 0.920. The summed E-state index contributed by atoms with van der Waals surface area (Å²) in [4.78, 5) is 11.9. The second-order valence-corrected chi connectivity index (χ2v) is 5.12. The van der Waals surface area contributed by atoms with E-state index in [0.717, 1.165) is 30.2 Å². The summed E-state index contributed by atoms with van der Waals surface area (Å²) in [5.74, 6) is 0.273. The van der Waals surface area contributed by atoms with Gasteiger partial charge in [0.25, 0.3) is 0 Å². The van der Waals surface area contributed by atoms with Gasteiger partial charge < -0.3 is 11.1 Å². The van der Waals surface area contributed by atoms with Gasteiger partial charge in [-0.1, -0.05) is 28.8 Å². The Labute approximate surface area is 104 Å². The molecule has 0 unspecified atom stereocenters. The van der Waals surface area contributed by atoms with Crippen LogP contribution in [0.2, 0.25) is 0 Å². The van der Waals surface area contributed by atoms with E-state index in [2.05, 4.69) is 21.2 Å². The predicted molar refractivity (Wildman–Crippen MR) is 69.1 cm³/mol. The van der Waals surface area contributed by atoms with Crippen molar-refractivity contribution in [2.75, 3.05) is 11.1 Å². The van der Waals surface area contributed by atoms with Crippen molar-refractivity contribution >= 4 is 33.2 Å². The lowest BCUT2D eigenvalue weighted by Gasteiger charge is -2.12. The Bertz CT molecular complexity index is 400. The first kappa shape index (κ1) is 11.5. The van der Waals surface area contributed by atoms with Gasteiger partial charge in [-0.05, 0) is 31.0 Å². The molecule has 3 nitrogen and oxygen atoms in total. The average Bonchev–Trinajstić information content (AvgIpc) is 2.75. The summed E-state index contributed by atoms with van der Waals surface area (Å²) in [5, 5.41) is 2.89. The number of hydrogen-bond donors (Lipinski definition) is 2. The Morgan fingerprint density at radius 3 is 2.69 bits per heavy atom. The number of hydrogen-bond acceptors (Lipinski definition) is 2. The molecule has 1 fully saturated rings. The zero-order valence-corrected chi connectivity index (χ0v) is 10.6. The van der Waals surface area contributed by atoms with Gasteiger partial charge in [-0.15, -0.1) is 0 Å². The molecule has 1 aromatic rings. The third-order valence-electron chi connectivity index (χ3n) is 3.00. The molecule has 0 bridgehead atoms. The van der Waals surface area contributed by atoms with Crippen molar-refractivity contribution in [3.8, 4) is 0 Å². The zero-order valence-electron chi connectivity index (χ0n) is 9.00. The Kier molecular flexibility index (Phi) is 3.49. The summed E-state index contributed by atoms with van der Waals surface area (Å²) >= 11 is 3.34. The molecule has 1 saturated carbocycles. The molecule has 1 aromatic carbocycles. The van der Waals surface area contributed by atoms with Crippen molar-refractivity contribution in [1.29, 1.82) is 0 Å². The second-order valence-electron chi connectivity index (χ2n) is 4.20. The van der Waals surface area contributed by atoms with Crippen LogP contribution in [0.4, 0.5) is 11.4 Å². The van der Waals surface area contributed by atoms with Crippen molar-refractivity contribution in [3.63, 3.8) is 0 Å². The topological polar surface area (TPSA) is 55.1 Å². The Balaban J connectivity index is 2.05. The van der Waals surface area contributed by atoms with Crippen LogP contribution in [-0.2, 0) is 4.79 Å². The van der Waals surface area contributed by atoms with Crippen molar-refractivity contribution < 1.29 is 4.79 Å². The van der Waals surface area contributed by atoms with Crippen molar-refractivity contribution in [3.05, 3.63) is 22.7 Å². The van der Waals surface area contributed by atoms with E-state index >= 15 is 0 Å². The molecule has 2 rings (SSSR count). The first-order valence-corrected chi connectivity index (χ1v) is 6.32. The van der Waals surface area contributed by atoms with Gasteiger partial charge in [0.15, 0.2) is 0 Å². The highest BCUT2D eigenvalue weighted by molar-refractivity contribution is 9.10. The quantitative estimate of drug-likeness (QED) is 0.819. The summed E-state index contributed by atoms with van der Waals surface area (Å²) in [6, 6.07) is 5.50. The largest absolute Gasteiger partial charge is 0.397 e. The van der Waals surface area contributed by atoms with Gasteiger partial charge in [-0.25, -0.2) is 0 Å². The number of carbonyl (C=O) groups is 1. The minimum atomic E-state index is 0.103. The van der Waals surface area contributed by atoms with Crippen LogP contribution in [0, 0.1) is 5.92 Å². The molecule has 1 aliphatic rings. The smallest absolute Gasteiger partial charge is 0.227 e. The van der Waals surface area contributed by atoms with E-state index in [1.54, 1.807) is 6.07 Å². The maximum atomic E-state index is 11.9. The maximum Gasteiger partial charge on any atom is 0.227 e. The van der Waals surface area contributed by atoms with Gasteiger partial charge in [-0.3, -0.25) is 4.79 Å². The molecule has 0 spiro atoms. The third kappa shape index (κ3) is 2.55. The molecule has 1 amide bonds. The molecule has 1 aliphatic carbocycles. The van der Waals surface area contributed by atoms with E-state index in [-0.39, 0.29) is 11.8 Å². The van der Waals surface area contributed by atoms with Crippen LogP contribution in [0.3, 0.4) is 0 Å². The zero-order chi connectivity index (χ0) is 11.5. The molecule has 0 aromatic heterocycles. The number of carbonyl (C=O) groups excluding carboxylic acids is 1. The third-order valence-corrected chi connectivity index (χ3v) is 3.49. The first-order valence-electron chi connectivity index (χ1n) is 5.52. The van der Waals surface area contributed by atoms with Gasteiger partial charge >= 0.3 is 0 Å². The molecule has 0 radical (unpaired) electrons. The maximum absolute atomic E-state index is 11.9. The molecule has 0 saturated heterocycles. The first-order chi connectivity index (χ1) is 7.66. The van der Waals surface area contributed by atoms with Crippen molar-refractivity contribution in [2.45, 2.75) is 25.7 Å². The Morgan fingerprint density at radius 2 is 2.06 bits per heavy atom. The molecule has 4 heteroatoms. The predicted octanol–water partition coefficient (Wildman–Crippen LogP) is 3.16. The minimum Gasteiger partial charge on any atom is -0.397 e. The summed E-state index contributed by atoms with van der Waals surface area (Å²) in [6.45, 7) is 0. The van der Waals surface area contributed by atoms with Gasteiger partial charge in [0, 0.05) is 10.4 Å². The van der Waals surface area contributed by atoms with Crippen molar-refractivity contribution in [1.82, 2.24) is 0 Å². The monoisotopic (exact) mass is 282 g/mol. The normalized spacial score (nSPS) is 16.3. The number of nitrogens with one attached hydrogen (secondary N) is 1. The molecule has 86 valence electrons. The van der Waals surface area contributed by atoms with Crippen LogP contribution in [-0.4, -0.2) is 5.91 Å². The molecular weight excluding hydrogens is 268 g/mol. The van der Waals surface area contributed by atoms with E-state index < -0.39 is 0 Å². The number of benzene rings is 1. The number of rotatable bonds is 2. The number of amides is 1. The number of nitrogen functional groups attached to an aromatic ring is 1. The van der Waals surface area contributed by atoms with E-state index in [1.165, 1.54) is 0 Å². The molecule has 3 N–H and O–H groups in total. The standard InChI is InChI=1S/C12H15BrN2O/c13-9-5-6-11(10(14)7-9)15-12(16)8-3-1-2-4-8/h5-8H,1-4,14H2,(H,15,16). The highest BCUT2D eigenvalue weighted by Gasteiger charge is 2.22. The minimum absolute atomic E-state index is 0.103. The average molecular weight is 283 g/mol. The van der Waals surface area contributed by atoms with Gasteiger partial charge in [0.2, 0.25) is 5.91 Å². The lowest BCUT2D eigenvalue weighted by Crippen LogP contribution is -2.20. The number of halogens is 1. The highest BCUT2D eigenvalue weighted by atomic mass is 79.9. The van der Waals surface area contributed by atoms with Crippen LogP contribution in [0.25, 0.3) is 0 Å². The van der Waals surface area contributed by atoms with Crippen molar-refractivity contribution in [2.24, 2.45) is 5.92 Å². The molecule has 0 aliphatic heterocycles. The van der Waals surface area contributed by atoms with E-state index in [9.17, 15) is 4.79 Å². The van der Waals surface area contributed by atoms with Crippen LogP contribution >= 0.6 is 15.9 Å². The number of nitrogens with two attached hydrogens (primary N) is 1. The van der Waals surface area contributed by atoms with Crippen LogP contribution < -0.4 is 11.1 Å². The number of anilines is 2. The fourth-order valence-corrected chi connectivity index (χ4v) is 2.45. The lowest BCUT2D eigenvalue weighted by molar-refractivity contribution is -0.119. The fourth-order valence-electron chi connectivity index (χ4n) is 2.07. The molecule has 16 heavy (non-hydrogen) atoms.